The minimum atomic E-state index is -0.0747. The van der Waals surface area contributed by atoms with Gasteiger partial charge in [-0.15, -0.1) is 12.4 Å². The van der Waals surface area contributed by atoms with Gasteiger partial charge in [-0.25, -0.2) is 19.9 Å². The van der Waals surface area contributed by atoms with Crippen LogP contribution in [-0.4, -0.2) is 76.1 Å². The van der Waals surface area contributed by atoms with Crippen LogP contribution in [0.3, 0.4) is 0 Å². The van der Waals surface area contributed by atoms with Crippen LogP contribution in [0, 0.1) is 11.3 Å². The van der Waals surface area contributed by atoms with Crippen molar-refractivity contribution in [3.05, 3.63) is 41.9 Å². The molecule has 14 heteroatoms. The van der Waals surface area contributed by atoms with E-state index in [1.807, 2.05) is 13.0 Å². The Balaban J connectivity index is 0.00000368. The van der Waals surface area contributed by atoms with Gasteiger partial charge < -0.3 is 25.6 Å². The molecule has 3 aromatic heterocycles. The number of nitrogens with zero attached hydrogens (tertiary/aromatic N) is 7. The highest BCUT2D eigenvalue weighted by Crippen LogP contribution is 2.46. The van der Waals surface area contributed by atoms with Crippen molar-refractivity contribution in [2.24, 2.45) is 17.1 Å². The number of piperidine rings is 2. The lowest BCUT2D eigenvalue weighted by atomic mass is 9.73. The highest BCUT2D eigenvalue weighted by Gasteiger charge is 2.50. The quantitative estimate of drug-likeness (QED) is 0.366. The number of Topliss-reactive ketones (excluding diaryl/α,β-unsaturated/α-hetero) is 1. The Bertz CT molecular complexity index is 1420. The molecular formula is C29H37Cl2N9O2S. The van der Waals surface area contributed by atoms with E-state index < -0.39 is 0 Å². The standard InChI is InChI=1S/C29H36ClN9O2S.ClH/c1-18-20(40)15-29(26(18)31)7-13-38(14-8-29)23-16-35-24(17-34-23)42-21-3-9-32-27(25(21)30)36-22-4-10-33-28(37-22)39-11-5-19(41-2)6-12-39;/h3-4,9-10,16-19,26H,5-8,11-15,31H2,1-2H3,(H,32,33,36,37);1H/t18-,26+;/m1./s1. The molecule has 11 nitrogen and oxygen atoms in total. The summed E-state index contributed by atoms with van der Waals surface area (Å²) in [5.74, 6) is 2.87. The molecule has 0 unspecified atom stereocenters. The van der Waals surface area contributed by atoms with Crippen molar-refractivity contribution in [3.63, 3.8) is 0 Å². The topological polar surface area (TPSA) is 135 Å². The molecule has 3 N–H and O–H groups in total. The molecule has 1 aliphatic carbocycles. The molecule has 3 fully saturated rings. The molecule has 43 heavy (non-hydrogen) atoms. The van der Waals surface area contributed by atoms with E-state index in [1.165, 1.54) is 11.8 Å². The van der Waals surface area contributed by atoms with Crippen molar-refractivity contribution in [1.29, 1.82) is 0 Å². The first kappa shape index (κ1) is 31.6. The number of hydrogen-bond acceptors (Lipinski definition) is 12. The molecule has 0 aromatic carbocycles. The Kier molecular flexibility index (Phi) is 9.92. The number of ether oxygens (including phenoxy) is 1. The van der Waals surface area contributed by atoms with E-state index in [4.69, 9.17) is 27.1 Å². The van der Waals surface area contributed by atoms with Crippen molar-refractivity contribution in [2.45, 2.75) is 61.1 Å². The molecule has 1 saturated carbocycles. The molecule has 0 bridgehead atoms. The van der Waals surface area contributed by atoms with Gasteiger partial charge in [0, 0.05) is 69.0 Å². The molecule has 230 valence electrons. The lowest BCUT2D eigenvalue weighted by Gasteiger charge is -2.42. The molecule has 2 atom stereocenters. The van der Waals surface area contributed by atoms with E-state index in [1.54, 1.807) is 38.0 Å². The van der Waals surface area contributed by atoms with E-state index in [0.29, 0.717) is 34.8 Å². The molecule has 0 radical (unpaired) electrons. The number of anilines is 4. The fourth-order valence-electron chi connectivity index (χ4n) is 6.26. The van der Waals surface area contributed by atoms with Gasteiger partial charge in [-0.2, -0.15) is 4.98 Å². The van der Waals surface area contributed by atoms with Gasteiger partial charge in [0.15, 0.2) is 5.82 Å². The Morgan fingerprint density at radius 2 is 1.79 bits per heavy atom. The zero-order valence-electron chi connectivity index (χ0n) is 24.3. The maximum Gasteiger partial charge on any atom is 0.227 e. The molecule has 0 amide bonds. The van der Waals surface area contributed by atoms with Crippen molar-refractivity contribution >= 4 is 65.0 Å². The second-order valence-electron chi connectivity index (χ2n) is 11.4. The molecule has 2 aliphatic heterocycles. The number of hydrogen-bond donors (Lipinski definition) is 2. The number of nitrogens with two attached hydrogens (primary N) is 1. The number of rotatable bonds is 7. The average Bonchev–Trinajstić information content (AvgIpc) is 3.23. The maximum atomic E-state index is 12.3. The van der Waals surface area contributed by atoms with Gasteiger partial charge in [0.25, 0.3) is 0 Å². The van der Waals surface area contributed by atoms with Gasteiger partial charge >= 0.3 is 0 Å². The summed E-state index contributed by atoms with van der Waals surface area (Å²) in [7, 11) is 1.76. The molecule has 3 aromatic rings. The van der Waals surface area contributed by atoms with Crippen molar-refractivity contribution < 1.29 is 9.53 Å². The summed E-state index contributed by atoms with van der Waals surface area (Å²) in [5, 5.41) is 4.46. The Morgan fingerprint density at radius 1 is 1.05 bits per heavy atom. The summed E-state index contributed by atoms with van der Waals surface area (Å²) in [6.45, 7) is 5.29. The van der Waals surface area contributed by atoms with Crippen molar-refractivity contribution in [2.75, 3.05) is 48.4 Å². The summed E-state index contributed by atoms with van der Waals surface area (Å²) in [4.78, 5) is 40.4. The van der Waals surface area contributed by atoms with Crippen LogP contribution in [0.15, 0.2) is 46.8 Å². The van der Waals surface area contributed by atoms with Gasteiger partial charge in [-0.3, -0.25) is 4.79 Å². The SMILES string of the molecule is COC1CCN(c2nccc(Nc3nccc(Sc4cnc(N5CCC6(CC5)CC(=O)[C@@H](C)[C@@H]6N)cn4)c3Cl)n2)CC1.Cl. The largest absolute Gasteiger partial charge is 0.381 e. The zero-order valence-corrected chi connectivity index (χ0v) is 26.7. The van der Waals surface area contributed by atoms with Crippen LogP contribution >= 0.6 is 35.8 Å². The fraction of sp³-hybridized carbons (Fsp3) is 0.517. The van der Waals surface area contributed by atoms with Crippen LogP contribution in [0.2, 0.25) is 5.02 Å². The third kappa shape index (κ3) is 6.68. The van der Waals surface area contributed by atoms with E-state index in [-0.39, 0.29) is 35.9 Å². The number of carbonyl (C=O) groups excluding carboxylic acids is 1. The number of aromatic nitrogens is 5. The van der Waals surface area contributed by atoms with E-state index in [9.17, 15) is 4.79 Å². The second-order valence-corrected chi connectivity index (χ2v) is 12.8. The first-order valence-electron chi connectivity index (χ1n) is 14.4. The third-order valence-electron chi connectivity index (χ3n) is 8.99. The molecule has 3 aliphatic rings. The van der Waals surface area contributed by atoms with E-state index >= 15 is 0 Å². The van der Waals surface area contributed by atoms with Gasteiger partial charge in [0.05, 0.1) is 23.5 Å². The van der Waals surface area contributed by atoms with E-state index in [2.05, 4.69) is 35.1 Å². The second kappa shape index (κ2) is 13.5. The normalized spacial score (nSPS) is 22.1. The Labute approximate surface area is 267 Å². The van der Waals surface area contributed by atoms with Gasteiger partial charge in [0.1, 0.15) is 22.4 Å². The highest BCUT2D eigenvalue weighted by molar-refractivity contribution is 7.99. The molecule has 1 spiro atoms. The molecule has 5 heterocycles. The van der Waals surface area contributed by atoms with Crippen LogP contribution < -0.4 is 20.9 Å². The monoisotopic (exact) mass is 645 g/mol. The summed E-state index contributed by atoms with van der Waals surface area (Å²) in [6.07, 6.45) is 11.6. The predicted molar refractivity (Wildman–Crippen MR) is 171 cm³/mol. The average molecular weight is 647 g/mol. The molecule has 6 rings (SSSR count). The Morgan fingerprint density at radius 3 is 2.44 bits per heavy atom. The minimum Gasteiger partial charge on any atom is -0.381 e. The fourth-order valence-corrected chi connectivity index (χ4v) is 7.29. The first-order valence-corrected chi connectivity index (χ1v) is 15.6. The summed E-state index contributed by atoms with van der Waals surface area (Å²) in [6, 6.07) is 3.60. The zero-order chi connectivity index (χ0) is 29.3. The summed E-state index contributed by atoms with van der Waals surface area (Å²) in [5.41, 5.74) is 6.39. The predicted octanol–water partition coefficient (Wildman–Crippen LogP) is 4.77. The number of carbonyl (C=O) groups is 1. The number of ketones is 1. The van der Waals surface area contributed by atoms with Gasteiger partial charge in [-0.1, -0.05) is 30.3 Å². The van der Waals surface area contributed by atoms with Crippen LogP contribution in [0.25, 0.3) is 0 Å². The first-order chi connectivity index (χ1) is 20.3. The van der Waals surface area contributed by atoms with Crippen molar-refractivity contribution in [1.82, 2.24) is 24.9 Å². The van der Waals surface area contributed by atoms with Gasteiger partial charge in [-0.05, 0) is 43.2 Å². The minimum absolute atomic E-state index is 0. The smallest absolute Gasteiger partial charge is 0.227 e. The lowest BCUT2D eigenvalue weighted by molar-refractivity contribution is -0.120. The summed E-state index contributed by atoms with van der Waals surface area (Å²) < 4.78 is 5.48. The number of halogens is 2. The van der Waals surface area contributed by atoms with E-state index in [0.717, 1.165) is 67.6 Å². The lowest BCUT2D eigenvalue weighted by Crippen LogP contribution is -2.48. The third-order valence-corrected chi connectivity index (χ3v) is 10.5. The van der Waals surface area contributed by atoms with Crippen LogP contribution in [-0.2, 0) is 9.53 Å². The summed E-state index contributed by atoms with van der Waals surface area (Å²) >= 11 is 8.20. The highest BCUT2D eigenvalue weighted by atomic mass is 35.5. The number of pyridine rings is 1. The van der Waals surface area contributed by atoms with Crippen LogP contribution in [0.5, 0.6) is 0 Å². The number of nitrogens with one attached hydrogen (secondary N) is 1. The molecular weight excluding hydrogens is 609 g/mol. The molecule has 2 saturated heterocycles. The maximum absolute atomic E-state index is 12.3. The van der Waals surface area contributed by atoms with Gasteiger partial charge in [0.2, 0.25) is 5.95 Å². The van der Waals surface area contributed by atoms with Crippen LogP contribution in [0.4, 0.5) is 23.4 Å². The number of methoxy groups -OCH3 is 1. The van der Waals surface area contributed by atoms with Crippen LogP contribution in [0.1, 0.15) is 39.0 Å². The Hall–Kier alpha value is -2.77. The van der Waals surface area contributed by atoms with Crippen molar-refractivity contribution in [3.8, 4) is 0 Å².